The molecule has 46 heteroatoms. The van der Waals surface area contributed by atoms with E-state index in [1.807, 2.05) is 173 Å². The SMILES string of the molecule is CC(=Nc1ccc(C(C)C)cc1)c1cccc(-c2ccccc2[O-])n1.CC(=Nc1ccc(C(C)C)cc1)c1cccc(-c2ccccc2[O-])n1.CC(=Nc1ccc(C(C)C)cc1)c1cccc(-c2ccccc2[O-])n1.CC(=Nc1ccc(C(C)C)cc1)c1cccc(-c2ccccc2[O-])n1.CC(=O)[O-].CC(=O)[O-].CC(=O)[O-].CC(=O)[O-].ClC(Cl)Cl.ClC(Cl)Cl.ClC(Cl)Cl.ClC(Cl)Cl.ClC(Cl)Cl.ClC(Cl)Cl.ClC(Cl)Cl.O.[Pd+2].[Pd+2].[Pd+2].[Pd+2]. The summed E-state index contributed by atoms with van der Waals surface area (Å²) in [4.78, 5) is 72.7. The van der Waals surface area contributed by atoms with Crippen LogP contribution in [0, 0.1) is 0 Å². The second kappa shape index (κ2) is 92.9. The van der Waals surface area contributed by atoms with Crippen LogP contribution in [-0.4, -0.2) is 102 Å². The molecule has 0 bridgehead atoms. The summed E-state index contributed by atoms with van der Waals surface area (Å²) >= 11 is 101. The van der Waals surface area contributed by atoms with E-state index in [0.29, 0.717) is 68.7 Å². The van der Waals surface area contributed by atoms with Gasteiger partial charge in [0.2, 0.25) is 0 Å². The summed E-state index contributed by atoms with van der Waals surface area (Å²) in [6, 6.07) is 83.5. The average Bonchev–Trinajstić information content (AvgIpc) is 0.837. The average molecular weight is 2830 g/mol. The molecule has 0 aliphatic carbocycles. The fraction of sp³-hybridized carbons (Fsp3) is 0.262. The minimum absolute atomic E-state index is 0. The van der Waals surface area contributed by atoms with Crippen molar-refractivity contribution in [2.75, 3.05) is 0 Å². The zero-order chi connectivity index (χ0) is 111. The third-order valence-electron chi connectivity index (χ3n) is 16.6. The summed E-state index contributed by atoms with van der Waals surface area (Å²) in [5, 5.41) is 83.6. The molecule has 0 saturated carbocycles. The first-order chi connectivity index (χ1) is 67.2. The molecule has 0 fully saturated rings. The molecule has 0 spiro atoms. The Balaban J connectivity index is -0.000000258. The molecule has 2 N–H and O–H groups in total. The minimum atomic E-state index is -1.08. The first-order valence-corrected chi connectivity index (χ1v) is 51.1. The summed E-state index contributed by atoms with van der Waals surface area (Å²) in [5.74, 6) is -2.40. The molecule has 8 aromatic carbocycles. The van der Waals surface area contributed by atoms with Crippen molar-refractivity contribution in [3.05, 3.63) is 312 Å². The minimum Gasteiger partial charge on any atom is -0.872 e. The number of benzene rings is 8. The molecule has 0 unspecified atom stereocenters. The number of nitrogens with zero attached hydrogens (tertiary/aromatic N) is 8. The van der Waals surface area contributed by atoms with Crippen LogP contribution < -0.4 is 40.9 Å². The smallest absolute Gasteiger partial charge is 0.872 e. The molecule has 0 amide bonds. The van der Waals surface area contributed by atoms with Gasteiger partial charge in [0.15, 0.2) is 30.1 Å². The van der Waals surface area contributed by atoms with Crippen molar-refractivity contribution in [2.45, 2.75) is 165 Å². The summed E-state index contributed by atoms with van der Waals surface area (Å²) in [5.41, 5.74) is 20.3. The van der Waals surface area contributed by atoms with Gasteiger partial charge in [-0.25, -0.2) is 19.9 Å². The van der Waals surface area contributed by atoms with E-state index in [0.717, 1.165) is 96.1 Å². The number of carboxylic acid groups (broad SMARTS) is 4. The molecule has 4 heterocycles. The topological polar surface area (TPSA) is 385 Å². The number of hydrogen-bond acceptors (Lipinski definition) is 20. The molecule has 12 aromatic rings. The zero-order valence-electron chi connectivity index (χ0n) is 81.9. The fourth-order valence-electron chi connectivity index (χ4n) is 10.6. The van der Waals surface area contributed by atoms with Crippen LogP contribution in [-0.2, 0) is 101 Å². The number of pyridine rings is 4. The molecule has 0 aliphatic rings. The first-order valence-electron chi connectivity index (χ1n) is 42.0. The van der Waals surface area contributed by atoms with E-state index in [2.05, 4.69) is 144 Å². The van der Waals surface area contributed by atoms with Crippen LogP contribution in [0.1, 0.15) is 179 Å². The number of hydrogen-bond donors (Lipinski definition) is 0. The Labute approximate surface area is 1030 Å². The van der Waals surface area contributed by atoms with Crippen LogP contribution in [0.2, 0.25) is 0 Å². The number of carboxylic acids is 4. The van der Waals surface area contributed by atoms with Crippen LogP contribution in [0.25, 0.3) is 45.0 Å². The maximum absolute atomic E-state index is 12.0. The molecule has 21 nitrogen and oxygen atoms in total. The van der Waals surface area contributed by atoms with Gasteiger partial charge in [-0.2, -0.15) is 0 Å². The Kier molecular flexibility index (Phi) is 99.2. The van der Waals surface area contributed by atoms with Crippen LogP contribution in [0.4, 0.5) is 22.7 Å². The van der Waals surface area contributed by atoms with E-state index < -0.39 is 53.9 Å². The number of aliphatic carboxylic acids is 4. The van der Waals surface area contributed by atoms with Gasteiger partial charge >= 0.3 is 81.7 Å². The Morgan fingerprint density at radius 2 is 0.336 bits per heavy atom. The van der Waals surface area contributed by atoms with Gasteiger partial charge in [0.05, 0.1) is 91.1 Å². The summed E-state index contributed by atoms with van der Waals surface area (Å²) in [7, 11) is 0. The molecule has 12 rings (SSSR count). The molecule has 0 aliphatic heterocycles. The van der Waals surface area contributed by atoms with Crippen molar-refractivity contribution in [3.63, 3.8) is 0 Å². The summed E-state index contributed by atoms with van der Waals surface area (Å²) in [6.07, 6.45) is 0. The van der Waals surface area contributed by atoms with E-state index in [1.54, 1.807) is 72.8 Å². The van der Waals surface area contributed by atoms with Crippen molar-refractivity contribution in [2.24, 2.45) is 20.0 Å². The Hall–Kier alpha value is -5.18. The van der Waals surface area contributed by atoms with E-state index in [9.17, 15) is 20.4 Å². The van der Waals surface area contributed by atoms with Gasteiger partial charge in [0, 0.05) is 23.9 Å². The first kappa shape index (κ1) is 159. The van der Waals surface area contributed by atoms with Gasteiger partial charge in [-0.05, 0) is 221 Å². The number of rotatable bonds is 16. The molecule has 0 radical (unpaired) electrons. The monoisotopic (exact) mass is 2820 g/mol. The largest absolute Gasteiger partial charge is 2.00 e. The van der Waals surface area contributed by atoms with Crippen molar-refractivity contribution >= 4 is 313 Å². The summed E-state index contributed by atoms with van der Waals surface area (Å²) < 4.78 is -5.25. The Bertz CT molecular complexity index is 5050. The molecule has 4 aromatic heterocycles. The quantitative estimate of drug-likeness (QED) is 0.0492. The maximum atomic E-state index is 12.0. The van der Waals surface area contributed by atoms with E-state index in [4.69, 9.17) is 283 Å². The van der Waals surface area contributed by atoms with Crippen LogP contribution in [0.3, 0.4) is 0 Å². The summed E-state index contributed by atoms with van der Waals surface area (Å²) in [6.45, 7) is 29.0. The predicted molar refractivity (Wildman–Crippen MR) is 602 cm³/mol. The molecular weight excluding hydrogens is 2730 g/mol. The number of aromatic nitrogens is 4. The van der Waals surface area contributed by atoms with E-state index in [-0.39, 0.29) is 110 Å². The van der Waals surface area contributed by atoms with Gasteiger partial charge in [0.25, 0.3) is 0 Å². The van der Waals surface area contributed by atoms with E-state index >= 15 is 0 Å². The van der Waals surface area contributed by atoms with Crippen molar-refractivity contribution in [1.29, 1.82) is 0 Å². The van der Waals surface area contributed by atoms with Crippen LogP contribution in [0.15, 0.2) is 287 Å². The second-order valence-corrected chi connectivity index (χ2v) is 42.9. The number of carbonyl (C=O) groups is 4. The van der Waals surface area contributed by atoms with Crippen molar-refractivity contribution < 1.29 is 147 Å². The molecule has 0 atom stereocenters. The van der Waals surface area contributed by atoms with E-state index in [1.165, 1.54) is 22.3 Å². The second-order valence-electron chi connectivity index (χ2n) is 29.1. The number of alkyl halides is 21. The number of para-hydroxylation sites is 4. The molecule has 822 valence electrons. The van der Waals surface area contributed by atoms with Crippen molar-refractivity contribution in [1.82, 2.24) is 19.9 Å². The number of aliphatic imine (C=N–C) groups is 4. The van der Waals surface area contributed by atoms with Crippen LogP contribution >= 0.6 is 244 Å². The third-order valence-corrected chi connectivity index (χ3v) is 16.6. The van der Waals surface area contributed by atoms with Gasteiger partial charge in [-0.15, -0.1) is 0 Å². The van der Waals surface area contributed by atoms with Gasteiger partial charge in [-0.1, -0.05) is 492 Å². The van der Waals surface area contributed by atoms with Gasteiger partial charge in [0.1, 0.15) is 0 Å². The Morgan fingerprint density at radius 1 is 0.215 bits per heavy atom. The number of halogens is 21. The fourth-order valence-corrected chi connectivity index (χ4v) is 10.6. The third kappa shape index (κ3) is 84.7. The molecular formula is C103H105Cl21N8O13Pd4. The normalized spacial score (nSPS) is 10.3. The van der Waals surface area contributed by atoms with Gasteiger partial charge in [-0.3, -0.25) is 20.0 Å². The zero-order valence-corrected chi connectivity index (χ0v) is 104. The van der Waals surface area contributed by atoms with Crippen molar-refractivity contribution in [3.8, 4) is 68.0 Å². The maximum Gasteiger partial charge on any atom is 2.00 e. The van der Waals surface area contributed by atoms with Gasteiger partial charge < -0.3 is 65.5 Å². The predicted octanol–water partition coefficient (Wildman–Crippen LogP) is 28.4. The standard InChI is InChI=1S/4C22H22N2O.4C2H4O2.7CHCl3.H2O.4Pd/c4*1-15(2)17-11-13-18(14-12-17)23-16(3)20-8-6-9-21(24-20)19-7-4-5-10-22(19)25;4*1-2(3)4;7*2-1(3)4;;;;;/h4*4-15,25H,1-3H3;4*1H3,(H,3,4);7*1H;1H2;;;;/q;;;;;;;;;;;;;;;;4*+2/p-8. The Morgan fingerprint density at radius 3 is 0.450 bits per heavy atom. The molecule has 149 heavy (non-hydrogen) atoms. The molecule has 0 saturated heterocycles. The van der Waals surface area contributed by atoms with Crippen LogP contribution in [0.5, 0.6) is 23.0 Å². The number of carbonyl (C=O) groups excluding carboxylic acids is 4.